The second-order valence-electron chi connectivity index (χ2n) is 4.60. The van der Waals surface area contributed by atoms with E-state index in [-0.39, 0.29) is 12.6 Å². The van der Waals surface area contributed by atoms with Crippen molar-refractivity contribution in [3.8, 4) is 0 Å². The molecule has 3 nitrogen and oxygen atoms in total. The minimum atomic E-state index is 0.204. The smallest absolute Gasteiger partial charge is 0.0618 e. The minimum Gasteiger partial charge on any atom is -0.395 e. The molecule has 2 atom stereocenters. The highest BCUT2D eigenvalue weighted by Crippen LogP contribution is 2.33. The van der Waals surface area contributed by atoms with Crippen molar-refractivity contribution in [2.24, 2.45) is 11.8 Å². The molecule has 0 aromatic carbocycles. The number of methoxy groups -OCH3 is 1. The first-order chi connectivity index (χ1) is 6.69. The molecule has 0 amide bonds. The van der Waals surface area contributed by atoms with Gasteiger partial charge < -0.3 is 15.2 Å². The Kier molecular flexibility index (Phi) is 4.85. The minimum absolute atomic E-state index is 0.204. The Morgan fingerprint density at radius 3 is 2.43 bits per heavy atom. The maximum absolute atomic E-state index is 9.21. The van der Waals surface area contributed by atoms with Crippen molar-refractivity contribution < 1.29 is 9.84 Å². The van der Waals surface area contributed by atoms with Crippen LogP contribution in [-0.4, -0.2) is 37.5 Å². The van der Waals surface area contributed by atoms with Gasteiger partial charge in [0.2, 0.25) is 0 Å². The van der Waals surface area contributed by atoms with E-state index in [1.54, 1.807) is 7.11 Å². The van der Waals surface area contributed by atoms with Crippen LogP contribution in [0.1, 0.15) is 26.7 Å². The molecule has 14 heavy (non-hydrogen) atoms. The summed E-state index contributed by atoms with van der Waals surface area (Å²) in [6.07, 6.45) is 2.61. The number of hydrogen-bond acceptors (Lipinski definition) is 3. The van der Waals surface area contributed by atoms with Gasteiger partial charge in [0.1, 0.15) is 0 Å². The van der Waals surface area contributed by atoms with Gasteiger partial charge in [-0.2, -0.15) is 0 Å². The summed E-state index contributed by atoms with van der Waals surface area (Å²) < 4.78 is 5.19. The Labute approximate surface area is 86.8 Å². The molecule has 2 unspecified atom stereocenters. The lowest BCUT2D eigenvalue weighted by Gasteiger charge is -2.26. The highest BCUT2D eigenvalue weighted by molar-refractivity contribution is 4.88. The zero-order chi connectivity index (χ0) is 10.6. The van der Waals surface area contributed by atoms with Crippen molar-refractivity contribution in [3.05, 3.63) is 0 Å². The summed E-state index contributed by atoms with van der Waals surface area (Å²) in [6.45, 7) is 5.23. The highest BCUT2D eigenvalue weighted by Gasteiger charge is 2.32. The molecule has 0 aliphatic heterocycles. The van der Waals surface area contributed by atoms with E-state index in [1.807, 2.05) is 0 Å². The van der Waals surface area contributed by atoms with Crippen molar-refractivity contribution in [1.29, 1.82) is 0 Å². The normalized spacial score (nSPS) is 21.2. The first-order valence-corrected chi connectivity index (χ1v) is 5.54. The summed E-state index contributed by atoms with van der Waals surface area (Å²) in [5, 5.41) is 12.7. The van der Waals surface area contributed by atoms with Crippen LogP contribution in [0.5, 0.6) is 0 Å². The Balaban J connectivity index is 2.35. The Hall–Kier alpha value is -0.120. The van der Waals surface area contributed by atoms with Crippen molar-refractivity contribution in [3.63, 3.8) is 0 Å². The molecule has 1 aliphatic carbocycles. The molecule has 1 saturated carbocycles. The van der Waals surface area contributed by atoms with Crippen LogP contribution < -0.4 is 5.32 Å². The standard InChI is InChI=1S/C11H23NO2/c1-8(2)10(6-13)12-11(7-14-3)9-4-5-9/h8-13H,4-7H2,1-3H3. The molecule has 2 N–H and O–H groups in total. The average molecular weight is 201 g/mol. The SMILES string of the molecule is COCC(NC(CO)C(C)C)C1CC1. The third-order valence-electron chi connectivity index (χ3n) is 2.97. The van der Waals surface area contributed by atoms with E-state index in [1.165, 1.54) is 12.8 Å². The van der Waals surface area contributed by atoms with Gasteiger partial charge in [-0.05, 0) is 24.7 Å². The Morgan fingerprint density at radius 1 is 1.43 bits per heavy atom. The number of hydrogen-bond donors (Lipinski definition) is 2. The maximum atomic E-state index is 9.21. The molecule has 1 rings (SSSR count). The third kappa shape index (κ3) is 3.56. The molecule has 0 spiro atoms. The second-order valence-corrected chi connectivity index (χ2v) is 4.60. The lowest BCUT2D eigenvalue weighted by molar-refractivity contribution is 0.129. The van der Waals surface area contributed by atoms with Crippen molar-refractivity contribution >= 4 is 0 Å². The fourth-order valence-electron chi connectivity index (χ4n) is 1.73. The van der Waals surface area contributed by atoms with Crippen molar-refractivity contribution in [2.45, 2.75) is 38.8 Å². The van der Waals surface area contributed by atoms with E-state index in [4.69, 9.17) is 4.74 Å². The molecule has 0 aromatic heterocycles. The predicted molar refractivity (Wildman–Crippen MR) is 57.2 cm³/mol. The van der Waals surface area contributed by atoms with Gasteiger partial charge in [0.05, 0.1) is 13.2 Å². The van der Waals surface area contributed by atoms with Gasteiger partial charge in [0.15, 0.2) is 0 Å². The van der Waals surface area contributed by atoms with E-state index < -0.39 is 0 Å². The van der Waals surface area contributed by atoms with Crippen LogP contribution in [0.2, 0.25) is 0 Å². The van der Waals surface area contributed by atoms with Gasteiger partial charge >= 0.3 is 0 Å². The molecule has 3 heteroatoms. The van der Waals surface area contributed by atoms with E-state index >= 15 is 0 Å². The molecular formula is C11H23NO2. The van der Waals surface area contributed by atoms with Gasteiger partial charge in [-0.25, -0.2) is 0 Å². The molecule has 0 aromatic rings. The second kappa shape index (κ2) is 5.69. The predicted octanol–water partition coefficient (Wildman–Crippen LogP) is 1.02. The van der Waals surface area contributed by atoms with E-state index in [0.29, 0.717) is 12.0 Å². The number of aliphatic hydroxyl groups excluding tert-OH is 1. The number of rotatable bonds is 7. The van der Waals surface area contributed by atoms with Crippen molar-refractivity contribution in [1.82, 2.24) is 5.32 Å². The largest absolute Gasteiger partial charge is 0.395 e. The lowest BCUT2D eigenvalue weighted by atomic mass is 10.0. The summed E-state index contributed by atoms with van der Waals surface area (Å²) >= 11 is 0. The lowest BCUT2D eigenvalue weighted by Crippen LogP contribution is -2.46. The molecule has 1 fully saturated rings. The van der Waals surface area contributed by atoms with Gasteiger partial charge in [-0.3, -0.25) is 0 Å². The van der Waals surface area contributed by atoms with Crippen LogP contribution in [0.15, 0.2) is 0 Å². The molecule has 1 aliphatic rings. The van der Waals surface area contributed by atoms with Gasteiger partial charge in [0.25, 0.3) is 0 Å². The molecule has 0 bridgehead atoms. The molecule has 0 radical (unpaired) electrons. The molecule has 0 heterocycles. The maximum Gasteiger partial charge on any atom is 0.0618 e. The van der Waals surface area contributed by atoms with Gasteiger partial charge in [-0.15, -0.1) is 0 Å². The Bertz CT molecular complexity index is 157. The summed E-state index contributed by atoms with van der Waals surface area (Å²) in [6, 6.07) is 0.635. The van der Waals surface area contributed by atoms with E-state index in [9.17, 15) is 5.11 Å². The number of nitrogens with one attached hydrogen (secondary N) is 1. The Morgan fingerprint density at radius 2 is 2.07 bits per heavy atom. The first-order valence-electron chi connectivity index (χ1n) is 5.54. The fraction of sp³-hybridized carbons (Fsp3) is 1.00. The summed E-state index contributed by atoms with van der Waals surface area (Å²) in [5.41, 5.74) is 0. The van der Waals surface area contributed by atoms with Crippen LogP contribution in [0.3, 0.4) is 0 Å². The number of aliphatic hydroxyl groups is 1. The van der Waals surface area contributed by atoms with Crippen LogP contribution in [-0.2, 0) is 4.74 Å². The zero-order valence-electron chi connectivity index (χ0n) is 9.49. The van der Waals surface area contributed by atoms with Crippen molar-refractivity contribution in [2.75, 3.05) is 20.3 Å². The third-order valence-corrected chi connectivity index (χ3v) is 2.97. The topological polar surface area (TPSA) is 41.5 Å². The fourth-order valence-corrected chi connectivity index (χ4v) is 1.73. The quantitative estimate of drug-likeness (QED) is 0.646. The highest BCUT2D eigenvalue weighted by atomic mass is 16.5. The molecular weight excluding hydrogens is 178 g/mol. The van der Waals surface area contributed by atoms with Gasteiger partial charge in [0, 0.05) is 19.2 Å². The monoisotopic (exact) mass is 201 g/mol. The van der Waals surface area contributed by atoms with Crippen LogP contribution in [0, 0.1) is 11.8 Å². The summed E-state index contributed by atoms with van der Waals surface area (Å²) in [7, 11) is 1.74. The summed E-state index contributed by atoms with van der Waals surface area (Å²) in [4.78, 5) is 0. The number of ether oxygens (including phenoxy) is 1. The molecule has 0 saturated heterocycles. The molecule has 84 valence electrons. The average Bonchev–Trinajstić information content (AvgIpc) is 2.94. The van der Waals surface area contributed by atoms with Crippen LogP contribution in [0.25, 0.3) is 0 Å². The first kappa shape index (κ1) is 12.0. The van der Waals surface area contributed by atoms with Crippen LogP contribution >= 0.6 is 0 Å². The van der Waals surface area contributed by atoms with E-state index in [0.717, 1.165) is 12.5 Å². The summed E-state index contributed by atoms with van der Waals surface area (Å²) in [5.74, 6) is 1.24. The zero-order valence-corrected chi connectivity index (χ0v) is 9.49. The van der Waals surface area contributed by atoms with Gasteiger partial charge in [-0.1, -0.05) is 13.8 Å². The van der Waals surface area contributed by atoms with E-state index in [2.05, 4.69) is 19.2 Å². The van der Waals surface area contributed by atoms with Crippen LogP contribution in [0.4, 0.5) is 0 Å².